The summed E-state index contributed by atoms with van der Waals surface area (Å²) in [6.07, 6.45) is 0.296. The van der Waals surface area contributed by atoms with E-state index in [1.165, 1.54) is 11.1 Å². The predicted molar refractivity (Wildman–Crippen MR) is 462 cm³/mol. The van der Waals surface area contributed by atoms with Crippen LogP contribution < -0.4 is 0 Å². The van der Waals surface area contributed by atoms with Crippen molar-refractivity contribution < 1.29 is 99.3 Å². The Hall–Kier alpha value is -11.7. The van der Waals surface area contributed by atoms with Crippen molar-refractivity contribution in [2.75, 3.05) is 17.3 Å². The van der Waals surface area contributed by atoms with Crippen LogP contribution >= 0.6 is 24.4 Å². The van der Waals surface area contributed by atoms with E-state index < -0.39 is 72.9 Å². The van der Waals surface area contributed by atoms with Gasteiger partial charge in [0.15, 0.2) is 19.7 Å². The molecule has 0 aliphatic rings. The molecule has 628 valence electrons. The van der Waals surface area contributed by atoms with Gasteiger partial charge in [0.05, 0.1) is 40.8 Å². The molecule has 0 fully saturated rings. The monoisotopic (exact) mass is 1690 g/mol. The number of carbonyl (C=O) groups excluding carboxylic acids is 6. The van der Waals surface area contributed by atoms with Crippen molar-refractivity contribution in [1.82, 2.24) is 0 Å². The quantitative estimate of drug-likeness (QED) is 0.0139. The minimum absolute atomic E-state index is 0. The Bertz CT molecular complexity index is 4830. The molecule has 10 aromatic carbocycles. The summed E-state index contributed by atoms with van der Waals surface area (Å²) in [6.45, 7) is 4.72. The summed E-state index contributed by atoms with van der Waals surface area (Å²) in [5, 5.41) is 17.5. The number of aliphatic carboxylic acids is 2. The van der Waals surface area contributed by atoms with Gasteiger partial charge in [0.2, 0.25) is 0 Å². The molecule has 10 aromatic rings. The van der Waals surface area contributed by atoms with Crippen LogP contribution in [0.3, 0.4) is 0 Å². The highest BCUT2D eigenvalue weighted by Crippen LogP contribution is 2.24. The van der Waals surface area contributed by atoms with Gasteiger partial charge in [-0.15, -0.1) is 0 Å². The van der Waals surface area contributed by atoms with Crippen LogP contribution in [0.1, 0.15) is 107 Å². The normalized spacial score (nSPS) is 11.3. The highest BCUT2D eigenvalue weighted by molar-refractivity contribution is 7.98. The Morgan fingerprint density at radius 3 is 0.916 bits per heavy atom. The van der Waals surface area contributed by atoms with Gasteiger partial charge in [-0.25, -0.2) is 21.6 Å². The lowest BCUT2D eigenvalue weighted by molar-refractivity contribution is -0.152. The van der Waals surface area contributed by atoms with E-state index in [4.69, 9.17) is 38.6 Å². The molecule has 0 radical (unpaired) electrons. The highest BCUT2D eigenvalue weighted by Gasteiger charge is 2.30. The SMILES string of the molecule is C=C(CCC(=O)OCc1ccccc1)C(=O)OCc1ccccc1.O.O=C(CCC(CS(=O)(=O)Cc1ccccc1)C(=O)OCc1ccccc1)OCc1ccccc1.O=C(CCC(CSCc1ccccc1)C(=O)OCc1ccccc1)OCc1ccccc1.O=C(O)CCC(CS(=O)(=O)Cc1ccccc1)C(=O)O.SCc1ccccc1. The van der Waals surface area contributed by atoms with E-state index in [1.807, 2.05) is 218 Å². The fourth-order valence-corrected chi connectivity index (χ4v) is 15.7. The molecular weight excluding hydrogens is 1590 g/mol. The molecular formula is C94H102O21S4. The molecule has 10 rings (SSSR count). The second-order valence-corrected chi connectivity index (χ2v) is 32.5. The van der Waals surface area contributed by atoms with Gasteiger partial charge in [0.1, 0.15) is 39.6 Å². The van der Waals surface area contributed by atoms with Crippen molar-refractivity contribution in [2.45, 2.75) is 114 Å². The summed E-state index contributed by atoms with van der Waals surface area (Å²) in [7, 11) is -7.22. The molecule has 0 heterocycles. The van der Waals surface area contributed by atoms with Gasteiger partial charge in [-0.1, -0.05) is 310 Å². The number of benzene rings is 10. The molecule has 0 amide bonds. The number of rotatable bonds is 41. The predicted octanol–water partition coefficient (Wildman–Crippen LogP) is 16.6. The van der Waals surface area contributed by atoms with Crippen LogP contribution in [0.2, 0.25) is 0 Å². The summed E-state index contributed by atoms with van der Waals surface area (Å²) in [5.74, 6) is -6.68. The summed E-state index contributed by atoms with van der Waals surface area (Å²) in [5.41, 5.74) is 9.32. The molecule has 3 unspecified atom stereocenters. The van der Waals surface area contributed by atoms with E-state index in [2.05, 4.69) is 43.5 Å². The number of hydrogen-bond acceptors (Lipinski definition) is 20. The Kier molecular flexibility index (Phi) is 46.5. The Morgan fingerprint density at radius 2 is 0.597 bits per heavy atom. The van der Waals surface area contributed by atoms with E-state index >= 15 is 0 Å². The fraction of sp³-hybridized carbons (Fsp3) is 0.255. The third-order valence-corrected chi connectivity index (χ3v) is 22.2. The van der Waals surface area contributed by atoms with Crippen molar-refractivity contribution in [3.63, 3.8) is 0 Å². The lowest BCUT2D eigenvalue weighted by atomic mass is 10.1. The molecule has 21 nitrogen and oxygen atoms in total. The van der Waals surface area contributed by atoms with Gasteiger partial charge < -0.3 is 44.1 Å². The Morgan fingerprint density at radius 1 is 0.328 bits per heavy atom. The lowest BCUT2D eigenvalue weighted by Crippen LogP contribution is -2.27. The number of esters is 6. The maximum absolute atomic E-state index is 12.8. The molecule has 4 N–H and O–H groups in total. The summed E-state index contributed by atoms with van der Waals surface area (Å²) >= 11 is 5.78. The number of carboxylic acids is 2. The number of hydrogen-bond donors (Lipinski definition) is 3. The van der Waals surface area contributed by atoms with Gasteiger partial charge in [-0.05, 0) is 81.3 Å². The summed E-state index contributed by atoms with van der Waals surface area (Å²) < 4.78 is 81.4. The first-order chi connectivity index (χ1) is 57.0. The average Bonchev–Trinajstić information content (AvgIpc) is 0.858. The molecule has 0 saturated heterocycles. The van der Waals surface area contributed by atoms with Gasteiger partial charge >= 0.3 is 47.8 Å². The first-order valence-corrected chi connectivity index (χ1v) is 43.5. The smallest absolute Gasteiger partial charge is 0.333 e. The third kappa shape index (κ3) is 43.9. The summed E-state index contributed by atoms with van der Waals surface area (Å²) in [6, 6.07) is 93.9. The van der Waals surface area contributed by atoms with Crippen LogP contribution in [-0.2, 0) is 149 Å². The molecule has 0 saturated carbocycles. The lowest BCUT2D eigenvalue weighted by Gasteiger charge is -2.16. The van der Waals surface area contributed by atoms with Crippen molar-refractivity contribution >= 4 is 91.8 Å². The van der Waals surface area contributed by atoms with E-state index in [1.54, 1.807) is 72.4 Å². The van der Waals surface area contributed by atoms with Crippen LogP contribution in [0.4, 0.5) is 0 Å². The standard InChI is InChI=1S/C27H28O6S.C27H28O4S.C20H20O4.C13H16O6S.C7H8S.H2O/c28-26(32-18-22-10-4-1-5-11-22)17-16-25(27(29)33-19-23-12-6-2-7-13-23)21-34(30,31)20-24-14-8-3-9-15-24;28-26(30-18-22-10-4-1-5-11-22)17-16-25(21-32-20-24-14-8-3-9-15-24)27(29)31-19-23-12-6-2-7-13-23;1-16(20(22)24-15-18-10-6-3-7-11-18)12-13-19(21)23-14-17-8-4-2-5-9-17;14-12(15)7-6-11(13(16)17)9-20(18,19)8-10-4-2-1-3-5-10;8-6-7-4-2-1-3-5-7;/h1-15,25H,16-21H2;1-15,25H,16-21H2;2-11H,1,12-15H2;1-5,11H,6-9H2,(H,14,15)(H,16,17);1-5,8H,6H2;1H2. The number of carboxylic acid groups (broad SMARTS) is 2. The minimum Gasteiger partial charge on any atom is -0.481 e. The highest BCUT2D eigenvalue weighted by atomic mass is 32.2. The van der Waals surface area contributed by atoms with Crippen molar-refractivity contribution in [3.8, 4) is 0 Å². The zero-order valence-corrected chi connectivity index (χ0v) is 69.4. The molecule has 25 heteroatoms. The molecule has 0 spiro atoms. The van der Waals surface area contributed by atoms with E-state index in [-0.39, 0.29) is 131 Å². The maximum Gasteiger partial charge on any atom is 0.333 e. The van der Waals surface area contributed by atoms with Crippen LogP contribution in [0.25, 0.3) is 0 Å². The molecule has 0 aliphatic heterocycles. The van der Waals surface area contributed by atoms with Crippen LogP contribution in [0.5, 0.6) is 0 Å². The van der Waals surface area contributed by atoms with Crippen molar-refractivity contribution in [2.24, 2.45) is 17.8 Å². The second kappa shape index (κ2) is 56.6. The van der Waals surface area contributed by atoms with Gasteiger partial charge in [0.25, 0.3) is 0 Å². The third-order valence-electron chi connectivity index (χ3n) is 17.2. The van der Waals surface area contributed by atoms with Crippen LogP contribution in [0, 0.1) is 17.8 Å². The Labute approximate surface area is 706 Å². The number of sulfone groups is 2. The van der Waals surface area contributed by atoms with E-state index in [0.717, 1.165) is 44.9 Å². The molecule has 119 heavy (non-hydrogen) atoms. The maximum atomic E-state index is 12.8. The number of thioether (sulfide) groups is 1. The average molecular weight is 1700 g/mol. The second-order valence-electron chi connectivity index (χ2n) is 27.0. The topological polar surface area (TPSA) is 332 Å². The number of carbonyl (C=O) groups is 8. The minimum atomic E-state index is -3.62. The van der Waals surface area contributed by atoms with Gasteiger partial charge in [-0.2, -0.15) is 24.4 Å². The first-order valence-electron chi connectivity index (χ1n) is 38.1. The molecule has 0 aliphatic carbocycles. The Balaban J connectivity index is 0.000000277. The largest absolute Gasteiger partial charge is 0.481 e. The first kappa shape index (κ1) is 97.8. The number of ether oxygens (including phenoxy) is 6. The van der Waals surface area contributed by atoms with Crippen LogP contribution in [-0.4, -0.2) is 97.5 Å². The van der Waals surface area contributed by atoms with Gasteiger partial charge in [0, 0.05) is 48.5 Å². The van der Waals surface area contributed by atoms with Crippen molar-refractivity contribution in [1.29, 1.82) is 0 Å². The molecule has 3 atom stereocenters. The zero-order valence-electron chi connectivity index (χ0n) is 66.1. The van der Waals surface area contributed by atoms with E-state index in [0.29, 0.717) is 23.3 Å². The van der Waals surface area contributed by atoms with Gasteiger partial charge in [-0.3, -0.25) is 33.6 Å². The van der Waals surface area contributed by atoms with Crippen molar-refractivity contribution in [3.05, 3.63) is 371 Å². The van der Waals surface area contributed by atoms with E-state index in [9.17, 15) is 55.2 Å². The zero-order chi connectivity index (χ0) is 84.9. The van der Waals surface area contributed by atoms with Crippen LogP contribution in [0.15, 0.2) is 315 Å². The number of thiol groups is 1. The fourth-order valence-electron chi connectivity index (χ4n) is 10.9. The summed E-state index contributed by atoms with van der Waals surface area (Å²) in [4.78, 5) is 95.0. The molecule has 0 bridgehead atoms. The molecule has 0 aromatic heterocycles.